The molecule has 1 fully saturated rings. The molecule has 32 heavy (non-hydrogen) atoms. The molecular formula is C24H29F3N2O3. The van der Waals surface area contributed by atoms with Gasteiger partial charge in [-0.15, -0.1) is 13.2 Å². The van der Waals surface area contributed by atoms with Gasteiger partial charge >= 0.3 is 6.36 Å². The highest BCUT2D eigenvalue weighted by atomic mass is 19.4. The zero-order valence-electron chi connectivity index (χ0n) is 18.7. The maximum absolute atomic E-state index is 12.7. The predicted octanol–water partition coefficient (Wildman–Crippen LogP) is 5.29. The Balaban J connectivity index is 1.97. The monoisotopic (exact) mass is 450 g/mol. The molecule has 0 bridgehead atoms. The summed E-state index contributed by atoms with van der Waals surface area (Å²) in [4.78, 5) is 12.4. The quantitative estimate of drug-likeness (QED) is 0.497. The zero-order valence-corrected chi connectivity index (χ0v) is 18.7. The number of hydrogen-bond donors (Lipinski definition) is 1. The molecule has 1 amide bonds. The molecule has 2 aromatic rings. The summed E-state index contributed by atoms with van der Waals surface area (Å²) in [5.74, 6) is 6.17. The van der Waals surface area contributed by atoms with Crippen molar-refractivity contribution >= 4 is 5.91 Å². The van der Waals surface area contributed by atoms with Crippen LogP contribution in [0.4, 0.5) is 13.2 Å². The van der Waals surface area contributed by atoms with E-state index in [1.54, 1.807) is 13.2 Å². The van der Waals surface area contributed by atoms with Crippen LogP contribution in [-0.2, 0) is 16.6 Å². The molecule has 174 valence electrons. The molecule has 5 nitrogen and oxygen atoms in total. The number of hydrazine groups is 1. The van der Waals surface area contributed by atoms with Gasteiger partial charge < -0.3 is 9.47 Å². The Morgan fingerprint density at radius 1 is 1.12 bits per heavy atom. The first-order valence-corrected chi connectivity index (χ1v) is 10.5. The largest absolute Gasteiger partial charge is 0.573 e. The number of amides is 1. The Hall–Kier alpha value is -2.74. The van der Waals surface area contributed by atoms with E-state index in [9.17, 15) is 18.0 Å². The molecule has 1 saturated heterocycles. The molecule has 0 radical (unpaired) electrons. The maximum Gasteiger partial charge on any atom is 0.573 e. The van der Waals surface area contributed by atoms with Crippen molar-refractivity contribution in [3.05, 3.63) is 59.2 Å². The van der Waals surface area contributed by atoms with E-state index in [1.165, 1.54) is 18.2 Å². The summed E-state index contributed by atoms with van der Waals surface area (Å²) >= 11 is 0. The van der Waals surface area contributed by atoms with Gasteiger partial charge in [-0.3, -0.25) is 9.80 Å². The van der Waals surface area contributed by atoms with Crippen molar-refractivity contribution in [2.45, 2.75) is 57.9 Å². The fourth-order valence-corrected chi connectivity index (χ4v) is 4.21. The van der Waals surface area contributed by atoms with Gasteiger partial charge in [0.2, 0.25) is 5.91 Å². The lowest BCUT2D eigenvalue weighted by Gasteiger charge is -2.39. The van der Waals surface area contributed by atoms with Crippen molar-refractivity contribution in [1.82, 2.24) is 5.01 Å². The van der Waals surface area contributed by atoms with E-state index >= 15 is 0 Å². The molecule has 1 aliphatic heterocycles. The highest BCUT2D eigenvalue weighted by Crippen LogP contribution is 2.40. The van der Waals surface area contributed by atoms with Gasteiger partial charge in [-0.05, 0) is 59.1 Å². The Morgan fingerprint density at radius 2 is 1.84 bits per heavy atom. The molecule has 2 N–H and O–H groups in total. The summed E-state index contributed by atoms with van der Waals surface area (Å²) in [6.07, 6.45) is -3.41. The second kappa shape index (κ2) is 9.02. The standard InChI is InChI=1S/C24H29F3N2O3/c1-23(2,3)18-9-10-20(31-4)17(13-18)12-16-8-11-21(30)29(28)22(16)15-6-5-7-19(14-15)32-24(25,26)27/h5-7,9-10,13-14,16,22H,8,11-12,28H2,1-4H3. The minimum Gasteiger partial charge on any atom is -0.496 e. The molecule has 2 aromatic carbocycles. The summed E-state index contributed by atoms with van der Waals surface area (Å²) in [5.41, 5.74) is 2.55. The average molecular weight is 451 g/mol. The molecule has 1 heterocycles. The van der Waals surface area contributed by atoms with Gasteiger partial charge in [0.05, 0.1) is 13.2 Å². The number of rotatable bonds is 5. The molecule has 3 rings (SSSR count). The average Bonchev–Trinajstić information content (AvgIpc) is 2.69. The number of methoxy groups -OCH3 is 1. The van der Waals surface area contributed by atoms with E-state index < -0.39 is 12.4 Å². The van der Waals surface area contributed by atoms with E-state index in [0.717, 1.165) is 21.9 Å². The Kier molecular flexibility index (Phi) is 6.74. The fourth-order valence-electron chi connectivity index (χ4n) is 4.21. The predicted molar refractivity (Wildman–Crippen MR) is 115 cm³/mol. The lowest BCUT2D eigenvalue weighted by molar-refractivity contribution is -0.274. The Labute approximate surface area is 186 Å². The summed E-state index contributed by atoms with van der Waals surface area (Å²) in [7, 11) is 1.60. The van der Waals surface area contributed by atoms with Crippen molar-refractivity contribution < 1.29 is 27.4 Å². The van der Waals surface area contributed by atoms with Gasteiger partial charge in [-0.25, -0.2) is 5.84 Å². The van der Waals surface area contributed by atoms with E-state index in [0.29, 0.717) is 18.4 Å². The number of ether oxygens (including phenoxy) is 2. The fraction of sp³-hybridized carbons (Fsp3) is 0.458. The Bertz CT molecular complexity index is 970. The van der Waals surface area contributed by atoms with Crippen LogP contribution in [0.2, 0.25) is 0 Å². The third-order valence-electron chi connectivity index (χ3n) is 5.82. The van der Waals surface area contributed by atoms with Crippen molar-refractivity contribution in [2.24, 2.45) is 11.8 Å². The molecule has 0 aromatic heterocycles. The number of nitrogens with two attached hydrogens (primary N) is 1. The molecule has 2 unspecified atom stereocenters. The van der Waals surface area contributed by atoms with E-state index in [-0.39, 0.29) is 29.4 Å². The maximum atomic E-state index is 12.7. The van der Waals surface area contributed by atoms with Crippen LogP contribution in [0.1, 0.15) is 56.3 Å². The van der Waals surface area contributed by atoms with E-state index in [4.69, 9.17) is 10.6 Å². The zero-order chi connectivity index (χ0) is 23.7. The van der Waals surface area contributed by atoms with Crippen molar-refractivity contribution in [2.75, 3.05) is 7.11 Å². The van der Waals surface area contributed by atoms with Gasteiger partial charge in [0, 0.05) is 6.42 Å². The second-order valence-corrected chi connectivity index (χ2v) is 9.15. The minimum atomic E-state index is -4.80. The van der Waals surface area contributed by atoms with Crippen molar-refractivity contribution in [3.8, 4) is 11.5 Å². The third-order valence-corrected chi connectivity index (χ3v) is 5.82. The smallest absolute Gasteiger partial charge is 0.496 e. The highest BCUT2D eigenvalue weighted by molar-refractivity contribution is 5.77. The summed E-state index contributed by atoms with van der Waals surface area (Å²) < 4.78 is 47.8. The first-order chi connectivity index (χ1) is 14.9. The van der Waals surface area contributed by atoms with Crippen LogP contribution in [0.3, 0.4) is 0 Å². The van der Waals surface area contributed by atoms with Gasteiger partial charge in [0.1, 0.15) is 11.5 Å². The SMILES string of the molecule is COc1ccc(C(C)(C)C)cc1CC1CCC(=O)N(N)C1c1cccc(OC(F)(F)F)c1. The number of carbonyl (C=O) groups excluding carboxylic acids is 1. The number of halogens is 3. The van der Waals surface area contributed by atoms with Crippen LogP contribution < -0.4 is 15.3 Å². The number of alkyl halides is 3. The molecular weight excluding hydrogens is 421 g/mol. The first kappa shape index (κ1) is 23.9. The summed E-state index contributed by atoms with van der Waals surface area (Å²) in [5, 5.41) is 1.14. The second-order valence-electron chi connectivity index (χ2n) is 9.15. The topological polar surface area (TPSA) is 64.8 Å². The van der Waals surface area contributed by atoms with Crippen LogP contribution in [0.25, 0.3) is 0 Å². The number of hydrogen-bond acceptors (Lipinski definition) is 4. The van der Waals surface area contributed by atoms with Crippen LogP contribution in [0, 0.1) is 5.92 Å². The normalized spacial score (nSPS) is 19.8. The lowest BCUT2D eigenvalue weighted by Crippen LogP contribution is -2.47. The number of piperidine rings is 1. The molecule has 1 aliphatic rings. The molecule has 2 atom stereocenters. The number of benzene rings is 2. The molecule has 0 aliphatic carbocycles. The summed E-state index contributed by atoms with van der Waals surface area (Å²) in [6.45, 7) is 6.36. The Morgan fingerprint density at radius 3 is 2.47 bits per heavy atom. The minimum absolute atomic E-state index is 0.0634. The van der Waals surface area contributed by atoms with Crippen LogP contribution in [-0.4, -0.2) is 24.4 Å². The first-order valence-electron chi connectivity index (χ1n) is 10.5. The lowest BCUT2D eigenvalue weighted by atomic mass is 9.79. The van der Waals surface area contributed by atoms with Crippen LogP contribution >= 0.6 is 0 Å². The van der Waals surface area contributed by atoms with Gasteiger partial charge in [0.15, 0.2) is 0 Å². The summed E-state index contributed by atoms with van der Waals surface area (Å²) in [6, 6.07) is 11.1. The van der Waals surface area contributed by atoms with Gasteiger partial charge in [0.25, 0.3) is 0 Å². The number of nitrogens with zero attached hydrogens (tertiary/aromatic N) is 1. The van der Waals surface area contributed by atoms with E-state index in [1.807, 2.05) is 12.1 Å². The van der Waals surface area contributed by atoms with Gasteiger partial charge in [-0.1, -0.05) is 45.0 Å². The van der Waals surface area contributed by atoms with Crippen molar-refractivity contribution in [1.29, 1.82) is 0 Å². The van der Waals surface area contributed by atoms with Gasteiger partial charge in [-0.2, -0.15) is 0 Å². The highest BCUT2D eigenvalue weighted by Gasteiger charge is 2.37. The molecule has 8 heteroatoms. The van der Waals surface area contributed by atoms with Crippen molar-refractivity contribution in [3.63, 3.8) is 0 Å². The molecule has 0 spiro atoms. The third kappa shape index (κ3) is 5.54. The van der Waals surface area contributed by atoms with Crippen LogP contribution in [0.15, 0.2) is 42.5 Å². The van der Waals surface area contributed by atoms with E-state index in [2.05, 4.69) is 31.6 Å². The number of carbonyl (C=O) groups is 1. The van der Waals surface area contributed by atoms with Crippen LogP contribution in [0.5, 0.6) is 11.5 Å². The molecule has 0 saturated carbocycles.